The summed E-state index contributed by atoms with van der Waals surface area (Å²) in [7, 11) is 0. The number of Topliss-reactive ketones (excluding diaryl/α,β-unsaturated/α-hetero) is 1. The highest BCUT2D eigenvalue weighted by Gasteiger charge is 2.29. The summed E-state index contributed by atoms with van der Waals surface area (Å²) in [5.41, 5.74) is 0. The number of allylic oxidation sites excluding steroid dienone is 1. The Hall–Kier alpha value is -0.590. The van der Waals surface area contributed by atoms with Crippen LogP contribution in [0.1, 0.15) is 64.2 Å². The van der Waals surface area contributed by atoms with E-state index in [2.05, 4.69) is 12.7 Å². The zero-order chi connectivity index (χ0) is 12.1. The Morgan fingerprint density at radius 1 is 1.00 bits per heavy atom. The molecule has 0 bridgehead atoms. The van der Waals surface area contributed by atoms with Gasteiger partial charge in [-0.05, 0) is 56.3 Å². The lowest BCUT2D eigenvalue weighted by atomic mass is 9.70. The average Bonchev–Trinajstić information content (AvgIpc) is 2.38. The molecule has 0 aromatic carbocycles. The lowest BCUT2D eigenvalue weighted by Crippen LogP contribution is -2.25. The molecule has 0 aliphatic heterocycles. The number of hydrogen-bond acceptors (Lipinski definition) is 1. The quantitative estimate of drug-likeness (QED) is 0.654. The number of ketones is 1. The van der Waals surface area contributed by atoms with Crippen molar-refractivity contribution in [3.8, 4) is 0 Å². The zero-order valence-corrected chi connectivity index (χ0v) is 11.0. The molecular formula is C16H26O. The summed E-state index contributed by atoms with van der Waals surface area (Å²) in [6.07, 6.45) is 14.3. The molecule has 0 aromatic heterocycles. The van der Waals surface area contributed by atoms with Gasteiger partial charge < -0.3 is 0 Å². The standard InChI is InChI=1S/C16H26O/c1-2-3-4-13-5-7-14(8-6-13)15-9-11-16(17)12-10-15/h2,13-15H,1,3-12H2. The molecule has 96 valence electrons. The van der Waals surface area contributed by atoms with Crippen LogP contribution in [0.2, 0.25) is 0 Å². The SMILES string of the molecule is C=CCCC1CCC(C2CCC(=O)CC2)CC1. The van der Waals surface area contributed by atoms with Gasteiger partial charge in [0.25, 0.3) is 0 Å². The first-order valence-corrected chi connectivity index (χ1v) is 7.42. The summed E-state index contributed by atoms with van der Waals surface area (Å²) in [5, 5.41) is 0. The maximum absolute atomic E-state index is 11.3. The van der Waals surface area contributed by atoms with Crippen LogP contribution in [0.25, 0.3) is 0 Å². The summed E-state index contributed by atoms with van der Waals surface area (Å²) in [4.78, 5) is 11.3. The van der Waals surface area contributed by atoms with Crippen LogP contribution in [0.3, 0.4) is 0 Å². The maximum Gasteiger partial charge on any atom is 0.132 e. The third kappa shape index (κ3) is 3.69. The second-order valence-electron chi connectivity index (χ2n) is 6.02. The fraction of sp³-hybridized carbons (Fsp3) is 0.812. The fourth-order valence-electron chi connectivity index (χ4n) is 3.74. The van der Waals surface area contributed by atoms with Crippen LogP contribution < -0.4 is 0 Å². The van der Waals surface area contributed by atoms with E-state index in [9.17, 15) is 4.79 Å². The monoisotopic (exact) mass is 234 g/mol. The van der Waals surface area contributed by atoms with E-state index in [-0.39, 0.29) is 0 Å². The van der Waals surface area contributed by atoms with E-state index in [0.29, 0.717) is 5.78 Å². The van der Waals surface area contributed by atoms with Crippen molar-refractivity contribution in [1.29, 1.82) is 0 Å². The first kappa shape index (κ1) is 12.9. The van der Waals surface area contributed by atoms with Crippen molar-refractivity contribution in [3.05, 3.63) is 12.7 Å². The van der Waals surface area contributed by atoms with Crippen LogP contribution >= 0.6 is 0 Å². The summed E-state index contributed by atoms with van der Waals surface area (Å²) < 4.78 is 0. The van der Waals surface area contributed by atoms with Crippen molar-refractivity contribution in [2.75, 3.05) is 0 Å². The van der Waals surface area contributed by atoms with Crippen LogP contribution in [0.5, 0.6) is 0 Å². The molecule has 0 saturated heterocycles. The molecule has 0 radical (unpaired) electrons. The Morgan fingerprint density at radius 3 is 2.18 bits per heavy atom. The van der Waals surface area contributed by atoms with E-state index in [1.807, 2.05) is 0 Å². The lowest BCUT2D eigenvalue weighted by molar-refractivity contribution is -0.121. The van der Waals surface area contributed by atoms with Gasteiger partial charge in [0.1, 0.15) is 5.78 Å². The summed E-state index contributed by atoms with van der Waals surface area (Å²) in [5.74, 6) is 3.26. The summed E-state index contributed by atoms with van der Waals surface area (Å²) in [6, 6.07) is 0. The predicted molar refractivity (Wildman–Crippen MR) is 71.8 cm³/mol. The molecule has 2 aliphatic carbocycles. The van der Waals surface area contributed by atoms with Crippen LogP contribution in [0.15, 0.2) is 12.7 Å². The van der Waals surface area contributed by atoms with Crippen molar-refractivity contribution < 1.29 is 4.79 Å². The molecule has 0 heterocycles. The first-order valence-electron chi connectivity index (χ1n) is 7.42. The van der Waals surface area contributed by atoms with Crippen molar-refractivity contribution in [2.24, 2.45) is 17.8 Å². The topological polar surface area (TPSA) is 17.1 Å². The van der Waals surface area contributed by atoms with E-state index in [1.165, 1.54) is 51.4 Å². The molecule has 1 heteroatoms. The van der Waals surface area contributed by atoms with Gasteiger partial charge in [0.15, 0.2) is 0 Å². The van der Waals surface area contributed by atoms with Gasteiger partial charge in [-0.25, -0.2) is 0 Å². The lowest BCUT2D eigenvalue weighted by Gasteiger charge is -2.35. The van der Waals surface area contributed by atoms with E-state index in [4.69, 9.17) is 0 Å². The molecule has 0 aromatic rings. The minimum absolute atomic E-state index is 0.501. The van der Waals surface area contributed by atoms with Gasteiger partial charge in [-0.1, -0.05) is 18.9 Å². The Morgan fingerprint density at radius 2 is 1.59 bits per heavy atom. The van der Waals surface area contributed by atoms with Gasteiger partial charge >= 0.3 is 0 Å². The molecule has 2 saturated carbocycles. The number of rotatable bonds is 4. The van der Waals surface area contributed by atoms with Gasteiger partial charge in [-0.2, -0.15) is 0 Å². The van der Waals surface area contributed by atoms with Gasteiger partial charge in [-0.3, -0.25) is 4.79 Å². The zero-order valence-electron chi connectivity index (χ0n) is 11.0. The Balaban J connectivity index is 1.71. The number of carbonyl (C=O) groups is 1. The van der Waals surface area contributed by atoms with E-state index < -0.39 is 0 Å². The third-order valence-corrected chi connectivity index (χ3v) is 4.93. The average molecular weight is 234 g/mol. The van der Waals surface area contributed by atoms with Gasteiger partial charge in [0.2, 0.25) is 0 Å². The highest BCUT2D eigenvalue weighted by molar-refractivity contribution is 5.79. The molecule has 0 spiro atoms. The molecule has 0 atom stereocenters. The first-order chi connectivity index (χ1) is 8.29. The molecule has 0 unspecified atom stereocenters. The number of hydrogen-bond donors (Lipinski definition) is 0. The summed E-state index contributed by atoms with van der Waals surface area (Å²) >= 11 is 0. The predicted octanol–water partition coefficient (Wildman–Crippen LogP) is 4.52. The Labute approximate surface area is 106 Å². The van der Waals surface area contributed by atoms with Gasteiger partial charge in [0.05, 0.1) is 0 Å². The second kappa shape index (κ2) is 6.37. The van der Waals surface area contributed by atoms with Crippen LogP contribution in [-0.2, 0) is 4.79 Å². The van der Waals surface area contributed by atoms with Crippen molar-refractivity contribution in [2.45, 2.75) is 64.2 Å². The molecule has 2 fully saturated rings. The molecular weight excluding hydrogens is 208 g/mol. The Bertz CT molecular complexity index is 251. The van der Waals surface area contributed by atoms with Gasteiger partial charge in [0, 0.05) is 12.8 Å². The highest BCUT2D eigenvalue weighted by atomic mass is 16.1. The molecule has 0 N–H and O–H groups in total. The normalized spacial score (nSPS) is 31.4. The molecule has 0 amide bonds. The molecule has 2 aliphatic rings. The second-order valence-corrected chi connectivity index (χ2v) is 6.02. The van der Waals surface area contributed by atoms with Crippen molar-refractivity contribution in [3.63, 3.8) is 0 Å². The van der Waals surface area contributed by atoms with Crippen LogP contribution in [0.4, 0.5) is 0 Å². The van der Waals surface area contributed by atoms with Crippen molar-refractivity contribution >= 4 is 5.78 Å². The maximum atomic E-state index is 11.3. The van der Waals surface area contributed by atoms with Crippen LogP contribution in [0, 0.1) is 17.8 Å². The van der Waals surface area contributed by atoms with E-state index in [0.717, 1.165) is 30.6 Å². The third-order valence-electron chi connectivity index (χ3n) is 4.93. The highest BCUT2D eigenvalue weighted by Crippen LogP contribution is 2.40. The molecule has 1 nitrogen and oxygen atoms in total. The van der Waals surface area contributed by atoms with Gasteiger partial charge in [-0.15, -0.1) is 6.58 Å². The molecule has 17 heavy (non-hydrogen) atoms. The Kier molecular flexibility index (Phi) is 4.82. The van der Waals surface area contributed by atoms with E-state index >= 15 is 0 Å². The van der Waals surface area contributed by atoms with E-state index in [1.54, 1.807) is 0 Å². The summed E-state index contributed by atoms with van der Waals surface area (Å²) in [6.45, 7) is 3.81. The van der Waals surface area contributed by atoms with Crippen molar-refractivity contribution in [1.82, 2.24) is 0 Å². The largest absolute Gasteiger partial charge is 0.300 e. The number of carbonyl (C=O) groups excluding carboxylic acids is 1. The molecule has 2 rings (SSSR count). The minimum atomic E-state index is 0.501. The van der Waals surface area contributed by atoms with Crippen LogP contribution in [-0.4, -0.2) is 5.78 Å². The fourth-order valence-corrected chi connectivity index (χ4v) is 3.74. The smallest absolute Gasteiger partial charge is 0.132 e. The minimum Gasteiger partial charge on any atom is -0.300 e.